The number of rotatable bonds is 5. The number of anilines is 1. The Labute approximate surface area is 188 Å². The number of para-hydroxylation sites is 1. The number of hydrogen-bond acceptors (Lipinski definition) is 6. The summed E-state index contributed by atoms with van der Waals surface area (Å²) in [5, 5.41) is 0. The summed E-state index contributed by atoms with van der Waals surface area (Å²) in [5.74, 6) is -2.69. The molecular weight excluding hydrogens is 460 g/mol. The number of carbonyl (C=O) groups is 3. The van der Waals surface area contributed by atoms with Crippen molar-refractivity contribution in [3.05, 3.63) is 59.9 Å². The van der Waals surface area contributed by atoms with Crippen LogP contribution in [0.25, 0.3) is 0 Å². The Hall–Kier alpha value is -3.61. The molecule has 2 heterocycles. The van der Waals surface area contributed by atoms with Gasteiger partial charge in [0.25, 0.3) is 5.91 Å². The molecule has 0 saturated carbocycles. The number of pyridine rings is 1. The second-order valence-electron chi connectivity index (χ2n) is 7.13. The number of carbonyl (C=O) groups excluding carboxylic acids is 3. The molecule has 1 saturated heterocycles. The summed E-state index contributed by atoms with van der Waals surface area (Å²) in [6.45, 7) is 0.207. The second kappa shape index (κ2) is 10.3. The zero-order chi connectivity index (χ0) is 24.0. The smallest absolute Gasteiger partial charge is 0.322 e. The van der Waals surface area contributed by atoms with Gasteiger partial charge in [0, 0.05) is 25.0 Å². The number of halogens is 2. The van der Waals surface area contributed by atoms with E-state index in [9.17, 15) is 31.6 Å². The fourth-order valence-corrected chi connectivity index (χ4v) is 4.21. The molecule has 1 aromatic heterocycles. The number of nitrogens with zero attached hydrogens (tertiary/aromatic N) is 3. The average molecular weight is 481 g/mol. The molecule has 1 aliphatic rings. The predicted octanol–water partition coefficient (Wildman–Crippen LogP) is 0.965. The highest BCUT2D eigenvalue weighted by atomic mass is 32.2. The van der Waals surface area contributed by atoms with Crippen molar-refractivity contribution in [2.24, 2.45) is 0 Å². The van der Waals surface area contributed by atoms with Gasteiger partial charge in [0.2, 0.25) is 0 Å². The Bertz CT molecular complexity index is 1100. The van der Waals surface area contributed by atoms with Gasteiger partial charge in [-0.25, -0.2) is 13.2 Å². The van der Waals surface area contributed by atoms with Gasteiger partial charge in [-0.05, 0) is 24.3 Å². The summed E-state index contributed by atoms with van der Waals surface area (Å²) in [5.41, 5.74) is 4.45. The highest BCUT2D eigenvalue weighted by molar-refractivity contribution is 7.91. The Kier molecular flexibility index (Phi) is 7.53. The van der Waals surface area contributed by atoms with Crippen LogP contribution in [0.5, 0.6) is 0 Å². The van der Waals surface area contributed by atoms with Gasteiger partial charge in [-0.2, -0.15) is 8.78 Å². The van der Waals surface area contributed by atoms with Crippen LogP contribution in [0.3, 0.4) is 0 Å². The van der Waals surface area contributed by atoms with Crippen molar-refractivity contribution in [3.63, 3.8) is 0 Å². The van der Waals surface area contributed by atoms with E-state index < -0.39 is 28.1 Å². The Morgan fingerprint density at radius 3 is 2.27 bits per heavy atom. The normalized spacial score (nSPS) is 15.1. The fourth-order valence-electron chi connectivity index (χ4n) is 3.01. The van der Waals surface area contributed by atoms with Crippen molar-refractivity contribution < 1.29 is 31.6 Å². The lowest BCUT2D eigenvalue weighted by Crippen LogP contribution is -2.49. The summed E-state index contributed by atoms with van der Waals surface area (Å²) in [6.07, 6.45) is -2.09. The molecule has 33 heavy (non-hydrogen) atoms. The molecule has 1 aromatic carbocycles. The van der Waals surface area contributed by atoms with Crippen LogP contribution in [0.4, 0.5) is 19.3 Å². The standard InChI is InChI=1S/C20H21F2N5O5S/c21-17(22)19(29)25-24-18(28)14-6-7-15(23-12-14)13-27(16-4-2-1-3-5-16)20(30)26-8-10-33(31,32)11-9-26/h1-7,12,17H,8-11,13H2,(H,24,28)(H,25,29). The van der Waals surface area contributed by atoms with Crippen LogP contribution in [0.2, 0.25) is 0 Å². The first kappa shape index (κ1) is 24.0. The summed E-state index contributed by atoms with van der Waals surface area (Å²) in [4.78, 5) is 43.0. The van der Waals surface area contributed by atoms with E-state index >= 15 is 0 Å². The van der Waals surface area contributed by atoms with Crippen LogP contribution in [0.15, 0.2) is 48.7 Å². The van der Waals surface area contributed by atoms with Crippen LogP contribution in [0.1, 0.15) is 16.1 Å². The second-order valence-corrected chi connectivity index (χ2v) is 9.43. The number of aromatic nitrogens is 1. The predicted molar refractivity (Wildman–Crippen MR) is 114 cm³/mol. The largest absolute Gasteiger partial charge is 0.324 e. The van der Waals surface area contributed by atoms with Crippen LogP contribution in [-0.4, -0.2) is 67.2 Å². The molecule has 3 rings (SSSR count). The molecule has 2 N–H and O–H groups in total. The van der Waals surface area contributed by atoms with Gasteiger partial charge in [0.1, 0.15) is 0 Å². The van der Waals surface area contributed by atoms with Crippen molar-refractivity contribution in [1.82, 2.24) is 20.7 Å². The Balaban J connectivity index is 1.72. The maximum absolute atomic E-state index is 13.2. The third-order valence-electron chi connectivity index (χ3n) is 4.82. The zero-order valence-electron chi connectivity index (χ0n) is 17.3. The molecule has 0 bridgehead atoms. The minimum atomic E-state index is -3.27. The number of amides is 4. The molecule has 1 fully saturated rings. The first-order chi connectivity index (χ1) is 15.7. The number of benzene rings is 1. The van der Waals surface area contributed by atoms with Gasteiger partial charge in [-0.3, -0.25) is 30.3 Å². The van der Waals surface area contributed by atoms with Gasteiger partial charge >= 0.3 is 18.4 Å². The molecule has 1 aliphatic heterocycles. The van der Waals surface area contributed by atoms with Crippen molar-refractivity contribution in [1.29, 1.82) is 0 Å². The van der Waals surface area contributed by atoms with E-state index in [2.05, 4.69) is 4.98 Å². The van der Waals surface area contributed by atoms with Crippen molar-refractivity contribution in [3.8, 4) is 0 Å². The van der Waals surface area contributed by atoms with E-state index in [0.29, 0.717) is 11.4 Å². The number of alkyl halides is 2. The van der Waals surface area contributed by atoms with E-state index in [1.165, 1.54) is 28.1 Å². The van der Waals surface area contributed by atoms with E-state index in [-0.39, 0.29) is 42.7 Å². The highest BCUT2D eigenvalue weighted by Crippen LogP contribution is 2.19. The van der Waals surface area contributed by atoms with Gasteiger partial charge in [-0.15, -0.1) is 0 Å². The molecule has 176 valence electrons. The quantitative estimate of drug-likeness (QED) is 0.613. The molecule has 10 nitrogen and oxygen atoms in total. The van der Waals surface area contributed by atoms with Crippen molar-refractivity contribution in [2.75, 3.05) is 29.5 Å². The fraction of sp³-hybridized carbons (Fsp3) is 0.300. The lowest BCUT2D eigenvalue weighted by atomic mass is 10.2. The minimum absolute atomic E-state index is 0.00661. The van der Waals surface area contributed by atoms with E-state index in [1.807, 2.05) is 5.43 Å². The number of hydrazine groups is 1. The van der Waals surface area contributed by atoms with Crippen molar-refractivity contribution in [2.45, 2.75) is 13.0 Å². The molecule has 0 atom stereocenters. The third-order valence-corrected chi connectivity index (χ3v) is 6.43. The van der Waals surface area contributed by atoms with Gasteiger partial charge in [0.15, 0.2) is 9.84 Å². The SMILES string of the molecule is O=C(NNC(=O)C(F)F)c1ccc(CN(C(=O)N2CCS(=O)(=O)CC2)c2ccccc2)nc1. The first-order valence-electron chi connectivity index (χ1n) is 9.81. The number of sulfone groups is 1. The number of urea groups is 1. The maximum Gasteiger partial charge on any atom is 0.324 e. The molecular formula is C20H21F2N5O5S. The molecule has 0 spiro atoms. The van der Waals surface area contributed by atoms with Crippen LogP contribution in [-0.2, 0) is 21.2 Å². The number of nitrogens with one attached hydrogen (secondary N) is 2. The molecule has 0 aliphatic carbocycles. The average Bonchev–Trinajstić information content (AvgIpc) is 2.81. The molecule has 0 unspecified atom stereocenters. The molecule has 4 amide bonds. The summed E-state index contributed by atoms with van der Waals surface area (Å²) in [7, 11) is -3.16. The lowest BCUT2D eigenvalue weighted by Gasteiger charge is -2.32. The topological polar surface area (TPSA) is 129 Å². The van der Waals surface area contributed by atoms with Crippen LogP contribution in [0, 0.1) is 0 Å². The Morgan fingerprint density at radius 2 is 1.70 bits per heavy atom. The lowest BCUT2D eigenvalue weighted by molar-refractivity contribution is -0.132. The Morgan fingerprint density at radius 1 is 1.03 bits per heavy atom. The first-order valence-corrected chi connectivity index (χ1v) is 11.6. The van der Waals surface area contributed by atoms with E-state index in [1.54, 1.807) is 35.8 Å². The molecule has 13 heteroatoms. The van der Waals surface area contributed by atoms with Gasteiger partial charge < -0.3 is 4.90 Å². The van der Waals surface area contributed by atoms with Gasteiger partial charge in [0.05, 0.1) is 29.3 Å². The monoisotopic (exact) mass is 481 g/mol. The summed E-state index contributed by atoms with van der Waals surface area (Å²) in [6, 6.07) is 11.2. The zero-order valence-corrected chi connectivity index (χ0v) is 18.1. The van der Waals surface area contributed by atoms with Crippen LogP contribution >= 0.6 is 0 Å². The third kappa shape index (κ3) is 6.44. The van der Waals surface area contributed by atoms with E-state index in [0.717, 1.165) is 0 Å². The highest BCUT2D eigenvalue weighted by Gasteiger charge is 2.29. The molecule has 2 aromatic rings. The van der Waals surface area contributed by atoms with Gasteiger partial charge in [-0.1, -0.05) is 18.2 Å². The number of hydrogen-bond donors (Lipinski definition) is 2. The summed E-state index contributed by atoms with van der Waals surface area (Å²) < 4.78 is 47.8. The van der Waals surface area contributed by atoms with Crippen molar-refractivity contribution >= 4 is 33.4 Å². The molecule has 0 radical (unpaired) electrons. The summed E-state index contributed by atoms with van der Waals surface area (Å²) >= 11 is 0. The maximum atomic E-state index is 13.2. The minimum Gasteiger partial charge on any atom is -0.322 e. The van der Waals surface area contributed by atoms with E-state index in [4.69, 9.17) is 0 Å². The van der Waals surface area contributed by atoms with Crippen LogP contribution < -0.4 is 15.8 Å².